The fourth-order valence-corrected chi connectivity index (χ4v) is 5.07. The second-order valence-electron chi connectivity index (χ2n) is 7.84. The summed E-state index contributed by atoms with van der Waals surface area (Å²) in [5, 5.41) is 0.848. The van der Waals surface area contributed by atoms with Crippen LogP contribution in [0.5, 0.6) is 0 Å². The lowest BCUT2D eigenvalue weighted by Crippen LogP contribution is -2.04. The number of furan rings is 1. The van der Waals surface area contributed by atoms with Gasteiger partial charge in [0.1, 0.15) is 5.76 Å². The van der Waals surface area contributed by atoms with Gasteiger partial charge in [0.15, 0.2) is 16.6 Å². The molecular formula is C26H23NO2S. The number of allylic oxidation sites excluding steroid dienone is 1. The summed E-state index contributed by atoms with van der Waals surface area (Å²) in [5.41, 5.74) is 3.04. The van der Waals surface area contributed by atoms with E-state index in [9.17, 15) is 4.79 Å². The maximum atomic E-state index is 12.6. The number of hydrogen-bond acceptors (Lipinski definition) is 4. The molecule has 1 saturated carbocycles. The number of benzene rings is 2. The van der Waals surface area contributed by atoms with Crippen molar-refractivity contribution < 1.29 is 9.21 Å². The van der Waals surface area contributed by atoms with Crippen LogP contribution in [0.1, 0.15) is 59.7 Å². The lowest BCUT2D eigenvalue weighted by molar-refractivity contribution is 0.104. The number of thiazole rings is 1. The molecule has 0 radical (unpaired) electrons. The van der Waals surface area contributed by atoms with Crippen molar-refractivity contribution in [3.8, 4) is 10.8 Å². The number of para-hydroxylation sites is 1. The summed E-state index contributed by atoms with van der Waals surface area (Å²) < 4.78 is 7.03. The normalized spacial score (nSPS) is 15.2. The minimum atomic E-state index is -0.0110. The molecule has 0 unspecified atom stereocenters. The van der Waals surface area contributed by atoms with E-state index < -0.39 is 0 Å². The van der Waals surface area contributed by atoms with Crippen LogP contribution in [-0.4, -0.2) is 10.8 Å². The van der Waals surface area contributed by atoms with E-state index in [2.05, 4.69) is 23.2 Å². The van der Waals surface area contributed by atoms with Gasteiger partial charge in [0.2, 0.25) is 0 Å². The van der Waals surface area contributed by atoms with E-state index in [1.54, 1.807) is 23.5 Å². The second kappa shape index (κ2) is 8.41. The molecule has 1 aliphatic rings. The molecule has 1 fully saturated rings. The van der Waals surface area contributed by atoms with Gasteiger partial charge in [0.05, 0.1) is 10.2 Å². The molecule has 2 heterocycles. The Morgan fingerprint density at radius 2 is 1.77 bits per heavy atom. The number of fused-ring (bicyclic) bond motifs is 1. The van der Waals surface area contributed by atoms with Gasteiger partial charge in [0, 0.05) is 5.56 Å². The van der Waals surface area contributed by atoms with Crippen molar-refractivity contribution in [1.29, 1.82) is 0 Å². The molecule has 30 heavy (non-hydrogen) atoms. The molecule has 3 nitrogen and oxygen atoms in total. The van der Waals surface area contributed by atoms with Gasteiger partial charge in [-0.05, 0) is 60.7 Å². The van der Waals surface area contributed by atoms with Gasteiger partial charge in [-0.15, -0.1) is 11.3 Å². The number of carbonyl (C=O) groups is 1. The maximum absolute atomic E-state index is 12.6. The van der Waals surface area contributed by atoms with E-state index in [-0.39, 0.29) is 5.78 Å². The number of ketones is 1. The van der Waals surface area contributed by atoms with Crippen molar-refractivity contribution in [1.82, 2.24) is 4.98 Å². The van der Waals surface area contributed by atoms with Gasteiger partial charge in [-0.3, -0.25) is 4.79 Å². The van der Waals surface area contributed by atoms with Gasteiger partial charge in [-0.1, -0.05) is 55.7 Å². The fraction of sp³-hybridized carbons (Fsp3) is 0.231. The summed E-state index contributed by atoms with van der Waals surface area (Å²) >= 11 is 1.60. The molecule has 0 atom stereocenters. The van der Waals surface area contributed by atoms with Crippen molar-refractivity contribution >= 4 is 33.4 Å². The molecule has 0 amide bonds. The van der Waals surface area contributed by atoms with Crippen LogP contribution in [0.25, 0.3) is 27.1 Å². The van der Waals surface area contributed by atoms with Gasteiger partial charge >= 0.3 is 0 Å². The first kappa shape index (κ1) is 19.0. The van der Waals surface area contributed by atoms with Crippen LogP contribution in [0.3, 0.4) is 0 Å². The molecule has 2 aromatic carbocycles. The smallest absolute Gasteiger partial charge is 0.185 e. The highest BCUT2D eigenvalue weighted by Gasteiger charge is 2.15. The Morgan fingerprint density at radius 3 is 2.57 bits per heavy atom. The molecule has 4 heteroatoms. The molecule has 0 N–H and O–H groups in total. The summed E-state index contributed by atoms with van der Waals surface area (Å²) in [7, 11) is 0. The molecule has 2 aromatic heterocycles. The third-order valence-electron chi connectivity index (χ3n) is 5.80. The summed E-state index contributed by atoms with van der Waals surface area (Å²) in [4.78, 5) is 17.2. The predicted octanol–water partition coefficient (Wildman–Crippen LogP) is 7.50. The average Bonchev–Trinajstić information content (AvgIpc) is 3.45. The number of rotatable bonds is 5. The number of nitrogens with zero attached hydrogens (tertiary/aromatic N) is 1. The van der Waals surface area contributed by atoms with Crippen LogP contribution in [-0.2, 0) is 0 Å². The number of hydrogen-bond donors (Lipinski definition) is 0. The largest absolute Gasteiger partial charge is 0.454 e. The third kappa shape index (κ3) is 4.01. The fourth-order valence-electron chi connectivity index (χ4n) is 4.14. The Labute approximate surface area is 180 Å². The van der Waals surface area contributed by atoms with Crippen molar-refractivity contribution in [2.24, 2.45) is 0 Å². The summed E-state index contributed by atoms with van der Waals surface area (Å²) in [5.74, 6) is 2.02. The zero-order valence-corrected chi connectivity index (χ0v) is 17.5. The van der Waals surface area contributed by atoms with Crippen LogP contribution in [0.4, 0.5) is 0 Å². The first-order valence-corrected chi connectivity index (χ1v) is 11.4. The SMILES string of the molecule is O=C(/C=C/c1ccc(-c2nc3ccccc3s2)o1)c1ccc(C2CCCCC2)cc1. The molecule has 4 aromatic rings. The van der Waals surface area contributed by atoms with Crippen LogP contribution in [0, 0.1) is 0 Å². The Balaban J connectivity index is 1.27. The van der Waals surface area contributed by atoms with Crippen molar-refractivity contribution in [2.75, 3.05) is 0 Å². The lowest BCUT2D eigenvalue weighted by atomic mass is 9.84. The predicted molar refractivity (Wildman–Crippen MR) is 123 cm³/mol. The Bertz CT molecular complexity index is 1160. The van der Waals surface area contributed by atoms with E-state index in [4.69, 9.17) is 4.42 Å². The van der Waals surface area contributed by atoms with E-state index in [1.165, 1.54) is 37.7 Å². The van der Waals surface area contributed by atoms with Crippen LogP contribution < -0.4 is 0 Å². The maximum Gasteiger partial charge on any atom is 0.185 e. The molecule has 0 aliphatic heterocycles. The molecule has 1 aliphatic carbocycles. The molecular weight excluding hydrogens is 390 g/mol. The zero-order chi connectivity index (χ0) is 20.3. The Morgan fingerprint density at radius 1 is 0.967 bits per heavy atom. The van der Waals surface area contributed by atoms with Crippen LogP contribution in [0.2, 0.25) is 0 Å². The third-order valence-corrected chi connectivity index (χ3v) is 6.85. The van der Waals surface area contributed by atoms with Crippen LogP contribution in [0.15, 0.2) is 71.2 Å². The Kier molecular flexibility index (Phi) is 5.33. The van der Waals surface area contributed by atoms with Gasteiger partial charge in [0.25, 0.3) is 0 Å². The van der Waals surface area contributed by atoms with Crippen LogP contribution >= 0.6 is 11.3 Å². The highest BCUT2D eigenvalue weighted by atomic mass is 32.1. The molecule has 0 spiro atoms. The average molecular weight is 414 g/mol. The monoisotopic (exact) mass is 413 g/mol. The summed E-state index contributed by atoms with van der Waals surface area (Å²) in [6.45, 7) is 0. The molecule has 150 valence electrons. The minimum Gasteiger partial charge on any atom is -0.454 e. The van der Waals surface area contributed by atoms with Gasteiger partial charge < -0.3 is 4.42 Å². The summed E-state index contributed by atoms with van der Waals surface area (Å²) in [6, 6.07) is 20.0. The Hall–Kier alpha value is -2.98. The lowest BCUT2D eigenvalue weighted by Gasteiger charge is -2.21. The standard InChI is InChI=1S/C26H23NO2S/c28-23(20-12-10-19(11-13-20)18-6-2-1-3-7-18)16-14-21-15-17-24(29-21)26-27-22-8-4-5-9-25(22)30-26/h4-5,8-18H,1-3,6-7H2/b16-14+. The second-order valence-corrected chi connectivity index (χ2v) is 8.87. The van der Waals surface area contributed by atoms with E-state index >= 15 is 0 Å². The van der Waals surface area contributed by atoms with Gasteiger partial charge in [-0.2, -0.15) is 0 Å². The minimum absolute atomic E-state index is 0.0110. The highest BCUT2D eigenvalue weighted by molar-refractivity contribution is 7.21. The number of carbonyl (C=O) groups excluding carboxylic acids is 1. The summed E-state index contributed by atoms with van der Waals surface area (Å²) in [6.07, 6.45) is 9.83. The number of aromatic nitrogens is 1. The molecule has 5 rings (SSSR count). The quantitative estimate of drug-likeness (QED) is 0.251. The zero-order valence-electron chi connectivity index (χ0n) is 16.7. The van der Waals surface area contributed by atoms with Crippen molar-refractivity contribution in [2.45, 2.75) is 38.0 Å². The molecule has 0 bridgehead atoms. The van der Waals surface area contributed by atoms with Crippen molar-refractivity contribution in [3.63, 3.8) is 0 Å². The first-order chi connectivity index (χ1) is 14.8. The molecule has 0 saturated heterocycles. The van der Waals surface area contributed by atoms with E-state index in [0.29, 0.717) is 17.2 Å². The van der Waals surface area contributed by atoms with E-state index in [1.807, 2.05) is 42.5 Å². The highest BCUT2D eigenvalue weighted by Crippen LogP contribution is 2.33. The van der Waals surface area contributed by atoms with E-state index in [0.717, 1.165) is 21.0 Å². The van der Waals surface area contributed by atoms with Gasteiger partial charge in [-0.25, -0.2) is 4.98 Å². The topological polar surface area (TPSA) is 43.1 Å². The van der Waals surface area contributed by atoms with Crippen molar-refractivity contribution in [3.05, 3.63) is 83.6 Å². The first-order valence-electron chi connectivity index (χ1n) is 10.5.